The second-order valence-corrected chi connectivity index (χ2v) is 5.06. The molecule has 118 valence electrons. The Morgan fingerprint density at radius 1 is 1.13 bits per heavy atom. The van der Waals surface area contributed by atoms with E-state index in [0.717, 1.165) is 12.0 Å². The van der Waals surface area contributed by atoms with Crippen LogP contribution in [-0.2, 0) is 13.0 Å². The molecule has 3 aromatic rings. The lowest BCUT2D eigenvalue weighted by Gasteiger charge is -2.11. The quantitative estimate of drug-likeness (QED) is 0.636. The van der Waals surface area contributed by atoms with Crippen LogP contribution < -0.4 is 11.1 Å². The van der Waals surface area contributed by atoms with Crippen molar-refractivity contribution in [3.63, 3.8) is 0 Å². The van der Waals surface area contributed by atoms with Gasteiger partial charge in [-0.05, 0) is 23.6 Å². The number of aliphatic hydroxyl groups excluding tert-OH is 1. The van der Waals surface area contributed by atoms with E-state index in [9.17, 15) is 0 Å². The monoisotopic (exact) mass is 310 g/mol. The third kappa shape index (κ3) is 3.46. The van der Waals surface area contributed by atoms with Gasteiger partial charge in [0.1, 0.15) is 12.0 Å². The van der Waals surface area contributed by atoms with Crippen molar-refractivity contribution in [3.8, 4) is 5.82 Å². The molecular formula is C16H18N6O. The molecule has 1 aromatic carbocycles. The highest BCUT2D eigenvalue weighted by Crippen LogP contribution is 2.20. The van der Waals surface area contributed by atoms with Crippen LogP contribution in [0, 0.1) is 0 Å². The number of anilines is 2. The molecule has 7 nitrogen and oxygen atoms in total. The zero-order chi connectivity index (χ0) is 16.1. The molecule has 7 heteroatoms. The van der Waals surface area contributed by atoms with E-state index >= 15 is 0 Å². The van der Waals surface area contributed by atoms with Gasteiger partial charge in [-0.2, -0.15) is 5.10 Å². The number of nitrogens with two attached hydrogens (primary N) is 1. The number of aliphatic hydroxyl groups is 1. The number of nitrogens with one attached hydrogen (secondary N) is 1. The van der Waals surface area contributed by atoms with Gasteiger partial charge in [0.15, 0.2) is 11.6 Å². The summed E-state index contributed by atoms with van der Waals surface area (Å²) in [5.74, 6) is 1.15. The average Bonchev–Trinajstić information content (AvgIpc) is 3.11. The number of benzene rings is 1. The summed E-state index contributed by atoms with van der Waals surface area (Å²) in [7, 11) is 0. The second kappa shape index (κ2) is 6.89. The smallest absolute Gasteiger partial charge is 0.181 e. The number of rotatable bonds is 6. The highest BCUT2D eigenvalue weighted by molar-refractivity contribution is 5.68. The summed E-state index contributed by atoms with van der Waals surface area (Å²) >= 11 is 0. The zero-order valence-corrected chi connectivity index (χ0v) is 12.6. The molecular weight excluding hydrogens is 292 g/mol. The lowest BCUT2D eigenvalue weighted by Crippen LogP contribution is -2.12. The van der Waals surface area contributed by atoms with Crippen molar-refractivity contribution >= 4 is 11.5 Å². The van der Waals surface area contributed by atoms with Crippen molar-refractivity contribution < 1.29 is 5.11 Å². The minimum absolute atomic E-state index is 0.0617. The highest BCUT2D eigenvalue weighted by Gasteiger charge is 2.09. The van der Waals surface area contributed by atoms with Gasteiger partial charge in [-0.25, -0.2) is 14.6 Å². The second-order valence-electron chi connectivity index (χ2n) is 5.06. The number of aromatic nitrogens is 4. The topological polar surface area (TPSA) is 102 Å². The molecule has 0 atom stereocenters. The van der Waals surface area contributed by atoms with Gasteiger partial charge in [-0.15, -0.1) is 0 Å². The molecule has 0 saturated heterocycles. The number of nitrogen functional groups attached to an aromatic ring is 1. The SMILES string of the molecule is Nc1c(NCCc2ccc(CO)cc2)ncnc1-n1cccn1. The summed E-state index contributed by atoms with van der Waals surface area (Å²) in [6, 6.07) is 9.66. The van der Waals surface area contributed by atoms with Gasteiger partial charge in [-0.1, -0.05) is 24.3 Å². The van der Waals surface area contributed by atoms with Gasteiger partial charge >= 0.3 is 0 Å². The first-order chi connectivity index (χ1) is 11.3. The van der Waals surface area contributed by atoms with Crippen LogP contribution >= 0.6 is 0 Å². The van der Waals surface area contributed by atoms with Crippen LogP contribution in [0.5, 0.6) is 0 Å². The van der Waals surface area contributed by atoms with E-state index in [1.54, 1.807) is 17.1 Å². The minimum atomic E-state index is 0.0617. The third-order valence-electron chi connectivity index (χ3n) is 3.50. The van der Waals surface area contributed by atoms with Crippen LogP contribution in [0.3, 0.4) is 0 Å². The fraction of sp³-hybridized carbons (Fsp3) is 0.188. The van der Waals surface area contributed by atoms with Crippen LogP contribution in [0.1, 0.15) is 11.1 Å². The Bertz CT molecular complexity index is 755. The first-order valence-corrected chi connectivity index (χ1v) is 7.31. The predicted octanol–water partition coefficient (Wildman–Crippen LogP) is 1.39. The van der Waals surface area contributed by atoms with Crippen molar-refractivity contribution in [2.45, 2.75) is 13.0 Å². The summed E-state index contributed by atoms with van der Waals surface area (Å²) < 4.78 is 1.61. The molecule has 0 aliphatic carbocycles. The van der Waals surface area contributed by atoms with Gasteiger partial charge < -0.3 is 16.2 Å². The molecule has 2 aromatic heterocycles. The maximum atomic E-state index is 9.04. The first-order valence-electron chi connectivity index (χ1n) is 7.31. The molecule has 4 N–H and O–H groups in total. The number of hydrogen-bond donors (Lipinski definition) is 3. The van der Waals surface area contributed by atoms with Crippen molar-refractivity contribution in [1.29, 1.82) is 0 Å². The molecule has 0 radical (unpaired) electrons. The highest BCUT2D eigenvalue weighted by atomic mass is 16.3. The summed E-state index contributed by atoms with van der Waals surface area (Å²) in [5, 5.41) is 16.4. The summed E-state index contributed by atoms with van der Waals surface area (Å²) in [6.07, 6.45) is 5.74. The maximum absolute atomic E-state index is 9.04. The van der Waals surface area contributed by atoms with Crippen LogP contribution in [0.2, 0.25) is 0 Å². The minimum Gasteiger partial charge on any atom is -0.393 e. The van der Waals surface area contributed by atoms with Crippen LogP contribution in [0.4, 0.5) is 11.5 Å². The van der Waals surface area contributed by atoms with Gasteiger partial charge in [-0.3, -0.25) is 0 Å². The molecule has 0 aliphatic rings. The Labute approximate surface area is 133 Å². The summed E-state index contributed by atoms with van der Waals surface area (Å²) in [5.41, 5.74) is 8.66. The van der Waals surface area contributed by atoms with E-state index < -0.39 is 0 Å². The molecule has 0 fully saturated rings. The van der Waals surface area contributed by atoms with Crippen molar-refractivity contribution in [3.05, 3.63) is 60.2 Å². The Morgan fingerprint density at radius 2 is 1.91 bits per heavy atom. The Morgan fingerprint density at radius 3 is 2.61 bits per heavy atom. The molecule has 2 heterocycles. The lowest BCUT2D eigenvalue weighted by molar-refractivity contribution is 0.282. The predicted molar refractivity (Wildman–Crippen MR) is 88.1 cm³/mol. The van der Waals surface area contributed by atoms with Crippen LogP contribution in [-0.4, -0.2) is 31.4 Å². The third-order valence-corrected chi connectivity index (χ3v) is 3.50. The van der Waals surface area contributed by atoms with E-state index in [1.807, 2.05) is 30.3 Å². The Balaban J connectivity index is 1.65. The fourth-order valence-electron chi connectivity index (χ4n) is 2.24. The summed E-state index contributed by atoms with van der Waals surface area (Å²) in [6.45, 7) is 0.754. The Hall–Kier alpha value is -2.93. The molecule has 0 unspecified atom stereocenters. The molecule has 23 heavy (non-hydrogen) atoms. The summed E-state index contributed by atoms with van der Waals surface area (Å²) in [4.78, 5) is 8.35. The van der Waals surface area contributed by atoms with E-state index in [-0.39, 0.29) is 6.61 Å². The standard InChI is InChI=1S/C16H18N6O/c17-14-15(19-11-20-16(14)22-9-1-7-21-22)18-8-6-12-2-4-13(10-23)5-3-12/h1-5,7,9,11,23H,6,8,10,17H2,(H,18,19,20). The molecule has 0 aliphatic heterocycles. The fourth-order valence-corrected chi connectivity index (χ4v) is 2.24. The average molecular weight is 310 g/mol. The van der Waals surface area contributed by atoms with E-state index in [4.69, 9.17) is 10.8 Å². The first kappa shape index (κ1) is 15.0. The lowest BCUT2D eigenvalue weighted by atomic mass is 10.1. The van der Waals surface area contributed by atoms with E-state index in [2.05, 4.69) is 20.4 Å². The zero-order valence-electron chi connectivity index (χ0n) is 12.6. The van der Waals surface area contributed by atoms with Gasteiger partial charge in [0.25, 0.3) is 0 Å². The molecule has 0 spiro atoms. The van der Waals surface area contributed by atoms with E-state index in [0.29, 0.717) is 23.9 Å². The van der Waals surface area contributed by atoms with Crippen LogP contribution in [0.15, 0.2) is 49.1 Å². The van der Waals surface area contributed by atoms with Gasteiger partial charge in [0.2, 0.25) is 0 Å². The normalized spacial score (nSPS) is 10.7. The van der Waals surface area contributed by atoms with Crippen molar-refractivity contribution in [2.75, 3.05) is 17.6 Å². The molecule has 0 saturated carbocycles. The largest absolute Gasteiger partial charge is 0.393 e. The van der Waals surface area contributed by atoms with Crippen molar-refractivity contribution in [1.82, 2.24) is 19.7 Å². The number of nitrogens with zero attached hydrogens (tertiary/aromatic N) is 4. The molecule has 3 rings (SSSR count). The maximum Gasteiger partial charge on any atom is 0.181 e. The Kier molecular flexibility index (Phi) is 4.49. The van der Waals surface area contributed by atoms with Crippen LogP contribution in [0.25, 0.3) is 5.82 Å². The van der Waals surface area contributed by atoms with Gasteiger partial charge in [0.05, 0.1) is 6.61 Å². The van der Waals surface area contributed by atoms with E-state index in [1.165, 1.54) is 11.9 Å². The van der Waals surface area contributed by atoms with Gasteiger partial charge in [0, 0.05) is 18.9 Å². The molecule has 0 amide bonds. The molecule has 0 bridgehead atoms. The van der Waals surface area contributed by atoms with Crippen molar-refractivity contribution in [2.24, 2.45) is 0 Å². The number of hydrogen-bond acceptors (Lipinski definition) is 6.